The quantitative estimate of drug-likeness (QED) is 0.403. The molecule has 0 aromatic heterocycles. The molecular formula is C24H26BrNS. The second kappa shape index (κ2) is 7.73. The van der Waals surface area contributed by atoms with E-state index in [2.05, 4.69) is 117 Å². The van der Waals surface area contributed by atoms with Gasteiger partial charge in [-0.2, -0.15) is 0 Å². The monoisotopic (exact) mass is 439 g/mol. The van der Waals surface area contributed by atoms with Gasteiger partial charge in [0, 0.05) is 20.7 Å². The lowest BCUT2D eigenvalue weighted by Gasteiger charge is -2.30. The molecule has 3 aromatic rings. The van der Waals surface area contributed by atoms with Crippen molar-refractivity contribution in [3.63, 3.8) is 0 Å². The third kappa shape index (κ3) is 4.41. The number of benzene rings is 3. The first kappa shape index (κ1) is 20.0. The number of hydrogen-bond acceptors (Lipinski definition) is 2. The molecule has 0 saturated carbocycles. The first-order valence-corrected chi connectivity index (χ1v) is 10.4. The summed E-state index contributed by atoms with van der Waals surface area (Å²) in [5, 5.41) is 0. The Morgan fingerprint density at radius 2 is 1.22 bits per heavy atom. The minimum Gasteiger partial charge on any atom is -0.310 e. The first-order chi connectivity index (χ1) is 12.7. The topological polar surface area (TPSA) is 3.24 Å². The van der Waals surface area contributed by atoms with Crippen molar-refractivity contribution in [1.29, 1.82) is 0 Å². The van der Waals surface area contributed by atoms with Crippen LogP contribution in [0.15, 0.2) is 70.0 Å². The third-order valence-corrected chi connectivity index (χ3v) is 5.60. The number of hydrogen-bond donors (Lipinski definition) is 1. The van der Waals surface area contributed by atoms with Gasteiger partial charge in [0.1, 0.15) is 0 Å². The van der Waals surface area contributed by atoms with E-state index in [0.29, 0.717) is 0 Å². The lowest BCUT2D eigenvalue weighted by Crippen LogP contribution is -2.16. The molecule has 0 amide bonds. The predicted molar refractivity (Wildman–Crippen MR) is 124 cm³/mol. The first-order valence-electron chi connectivity index (χ1n) is 9.13. The maximum absolute atomic E-state index is 4.45. The fourth-order valence-electron chi connectivity index (χ4n) is 3.34. The summed E-state index contributed by atoms with van der Waals surface area (Å²) >= 11 is 8.00. The van der Waals surface area contributed by atoms with Crippen molar-refractivity contribution in [1.82, 2.24) is 0 Å². The van der Waals surface area contributed by atoms with Crippen molar-refractivity contribution in [3.05, 3.63) is 81.8 Å². The average molecular weight is 440 g/mol. The van der Waals surface area contributed by atoms with E-state index in [1.54, 1.807) is 0 Å². The lowest BCUT2D eigenvalue weighted by atomic mass is 9.84. The molecule has 0 fully saturated rings. The van der Waals surface area contributed by atoms with Gasteiger partial charge in [0.2, 0.25) is 0 Å². The molecule has 0 radical (unpaired) electrons. The van der Waals surface area contributed by atoms with Gasteiger partial charge in [0.25, 0.3) is 0 Å². The van der Waals surface area contributed by atoms with Crippen LogP contribution in [0.4, 0.5) is 17.1 Å². The summed E-state index contributed by atoms with van der Waals surface area (Å²) in [4.78, 5) is 3.29. The highest BCUT2D eigenvalue weighted by Crippen LogP contribution is 2.41. The summed E-state index contributed by atoms with van der Waals surface area (Å²) in [5.74, 6) is 0. The minimum atomic E-state index is 0.129. The van der Waals surface area contributed by atoms with Crippen molar-refractivity contribution < 1.29 is 0 Å². The van der Waals surface area contributed by atoms with Crippen LogP contribution in [0.3, 0.4) is 0 Å². The van der Waals surface area contributed by atoms with Crippen LogP contribution in [0.5, 0.6) is 0 Å². The molecule has 1 nitrogen and oxygen atoms in total. The molecule has 0 aliphatic carbocycles. The molecule has 0 atom stereocenters. The van der Waals surface area contributed by atoms with Crippen LogP contribution in [0, 0.1) is 13.8 Å². The molecule has 27 heavy (non-hydrogen) atoms. The zero-order valence-electron chi connectivity index (χ0n) is 16.5. The summed E-state index contributed by atoms with van der Waals surface area (Å²) in [6.45, 7) is 11.2. The van der Waals surface area contributed by atoms with Crippen molar-refractivity contribution >= 4 is 45.6 Å². The minimum absolute atomic E-state index is 0.129. The van der Waals surface area contributed by atoms with Gasteiger partial charge in [-0.3, -0.25) is 0 Å². The molecule has 3 heteroatoms. The number of halogens is 1. The summed E-state index contributed by atoms with van der Waals surface area (Å²) in [7, 11) is 0. The predicted octanol–water partition coefficient (Wildman–Crippen LogP) is 8.12. The van der Waals surface area contributed by atoms with E-state index in [1.165, 1.54) is 22.4 Å². The Balaban J connectivity index is 2.22. The van der Waals surface area contributed by atoms with Gasteiger partial charge >= 0.3 is 0 Å². The van der Waals surface area contributed by atoms with E-state index < -0.39 is 0 Å². The zero-order chi connectivity index (χ0) is 19.8. The van der Waals surface area contributed by atoms with Gasteiger partial charge < -0.3 is 4.90 Å². The number of nitrogens with zero attached hydrogens (tertiary/aromatic N) is 1. The molecule has 0 aliphatic heterocycles. The summed E-state index contributed by atoms with van der Waals surface area (Å²) in [6.07, 6.45) is 0. The van der Waals surface area contributed by atoms with Gasteiger partial charge in [0.15, 0.2) is 0 Å². The van der Waals surface area contributed by atoms with Gasteiger partial charge in [-0.15, -0.1) is 12.6 Å². The number of aryl methyl sites for hydroxylation is 2. The maximum Gasteiger partial charge on any atom is 0.0520 e. The summed E-state index contributed by atoms with van der Waals surface area (Å²) < 4.78 is 1.08. The van der Waals surface area contributed by atoms with E-state index in [9.17, 15) is 0 Å². The Bertz CT molecular complexity index is 869. The fraction of sp³-hybridized carbons (Fsp3) is 0.250. The van der Waals surface area contributed by atoms with Gasteiger partial charge in [0.05, 0.1) is 5.69 Å². The van der Waals surface area contributed by atoms with Gasteiger partial charge in [-0.25, -0.2) is 0 Å². The van der Waals surface area contributed by atoms with E-state index >= 15 is 0 Å². The van der Waals surface area contributed by atoms with E-state index in [0.717, 1.165) is 20.7 Å². The van der Waals surface area contributed by atoms with Crippen LogP contribution >= 0.6 is 28.6 Å². The highest BCUT2D eigenvalue weighted by Gasteiger charge is 2.21. The Morgan fingerprint density at radius 1 is 0.778 bits per heavy atom. The highest BCUT2D eigenvalue weighted by atomic mass is 79.9. The highest BCUT2D eigenvalue weighted by molar-refractivity contribution is 9.10. The number of rotatable bonds is 3. The Kier molecular flexibility index (Phi) is 5.73. The SMILES string of the molecule is Cc1cc(C(C)(C)C)cc(C)c1N(c1ccc(S)cc1)c1ccc(Br)cc1. The molecule has 3 rings (SSSR count). The average Bonchev–Trinajstić information content (AvgIpc) is 2.59. The van der Waals surface area contributed by atoms with Crippen molar-refractivity contribution in [2.75, 3.05) is 4.90 Å². The summed E-state index contributed by atoms with van der Waals surface area (Å²) in [5.41, 5.74) is 7.55. The van der Waals surface area contributed by atoms with E-state index in [-0.39, 0.29) is 5.41 Å². The molecule has 0 heterocycles. The molecule has 0 N–H and O–H groups in total. The van der Waals surface area contributed by atoms with Crippen LogP contribution < -0.4 is 4.90 Å². The Hall–Kier alpha value is -1.71. The smallest absolute Gasteiger partial charge is 0.0520 e. The van der Waals surface area contributed by atoms with Crippen molar-refractivity contribution in [2.45, 2.75) is 44.9 Å². The number of thiol groups is 1. The molecule has 0 unspecified atom stereocenters. The molecule has 0 saturated heterocycles. The van der Waals surface area contributed by atoms with Crippen LogP contribution in [0.25, 0.3) is 0 Å². The Morgan fingerprint density at radius 3 is 1.67 bits per heavy atom. The second-order valence-corrected chi connectivity index (χ2v) is 9.47. The van der Waals surface area contributed by atoms with Crippen molar-refractivity contribution in [2.24, 2.45) is 0 Å². The van der Waals surface area contributed by atoms with Gasteiger partial charge in [-0.05, 0) is 84.5 Å². The Labute approximate surface area is 177 Å². The van der Waals surface area contributed by atoms with Crippen LogP contribution in [0.1, 0.15) is 37.5 Å². The molecule has 0 aliphatic rings. The van der Waals surface area contributed by atoms with E-state index in [4.69, 9.17) is 0 Å². The summed E-state index contributed by atoms with van der Waals surface area (Å²) in [6, 6.07) is 21.4. The largest absolute Gasteiger partial charge is 0.310 e. The van der Waals surface area contributed by atoms with Gasteiger partial charge in [-0.1, -0.05) is 48.8 Å². The van der Waals surface area contributed by atoms with Crippen LogP contribution in [-0.4, -0.2) is 0 Å². The van der Waals surface area contributed by atoms with Crippen LogP contribution in [0.2, 0.25) is 0 Å². The van der Waals surface area contributed by atoms with E-state index in [1.807, 2.05) is 12.1 Å². The molecule has 3 aromatic carbocycles. The fourth-order valence-corrected chi connectivity index (χ4v) is 3.75. The lowest BCUT2D eigenvalue weighted by molar-refractivity contribution is 0.589. The standard InChI is InChI=1S/C24H26BrNS/c1-16-14-18(24(3,4)5)15-17(2)23(16)26(20-8-6-19(25)7-9-20)21-10-12-22(27)13-11-21/h6-15,27H,1-5H3. The third-order valence-electron chi connectivity index (χ3n) is 4.77. The van der Waals surface area contributed by atoms with Crippen molar-refractivity contribution in [3.8, 4) is 0 Å². The molecule has 0 bridgehead atoms. The number of anilines is 3. The molecule has 0 spiro atoms. The molecular weight excluding hydrogens is 414 g/mol. The van der Waals surface area contributed by atoms with Crippen LogP contribution in [-0.2, 0) is 5.41 Å². The zero-order valence-corrected chi connectivity index (χ0v) is 19.0. The molecule has 140 valence electrons. The maximum atomic E-state index is 4.45. The normalized spacial score (nSPS) is 11.5. The second-order valence-electron chi connectivity index (χ2n) is 8.04.